The van der Waals surface area contributed by atoms with Crippen LogP contribution in [0.2, 0.25) is 0 Å². The van der Waals surface area contributed by atoms with Crippen LogP contribution in [0.4, 0.5) is 0 Å². The molecule has 25 heavy (non-hydrogen) atoms. The molecular formula is C19H20N4OS. The van der Waals surface area contributed by atoms with Crippen LogP contribution < -0.4 is 0 Å². The molecule has 0 atom stereocenters. The Morgan fingerprint density at radius 3 is 2.68 bits per heavy atom. The van der Waals surface area contributed by atoms with Gasteiger partial charge >= 0.3 is 0 Å². The van der Waals surface area contributed by atoms with Crippen LogP contribution in [0.15, 0.2) is 54.2 Å². The summed E-state index contributed by atoms with van der Waals surface area (Å²) in [5.74, 6) is 0.718. The Morgan fingerprint density at radius 2 is 1.96 bits per heavy atom. The number of benzene rings is 1. The molecule has 1 amide bonds. The van der Waals surface area contributed by atoms with Crippen molar-refractivity contribution in [3.8, 4) is 11.1 Å². The largest absolute Gasteiger partial charge is 0.338 e. The van der Waals surface area contributed by atoms with Crippen LogP contribution in [-0.4, -0.2) is 38.9 Å². The number of rotatable bonds is 4. The van der Waals surface area contributed by atoms with Crippen LogP contribution in [0.3, 0.4) is 0 Å². The zero-order valence-corrected chi connectivity index (χ0v) is 14.7. The zero-order chi connectivity index (χ0) is 17.1. The Hall–Kier alpha value is -2.47. The molecule has 1 aliphatic heterocycles. The molecule has 0 N–H and O–H groups in total. The third-order valence-corrected chi connectivity index (χ3v) is 5.67. The van der Waals surface area contributed by atoms with Crippen molar-refractivity contribution < 1.29 is 4.79 Å². The van der Waals surface area contributed by atoms with E-state index in [0.717, 1.165) is 48.5 Å². The number of nitrogens with zero attached hydrogens (tertiary/aromatic N) is 4. The van der Waals surface area contributed by atoms with E-state index in [4.69, 9.17) is 0 Å². The Labute approximate surface area is 150 Å². The summed E-state index contributed by atoms with van der Waals surface area (Å²) < 4.78 is 1.88. The standard InChI is InChI=1S/C19H20N4OS/c24-19(18-17(8-13-25-18)16-4-2-1-3-5-16)22-10-6-15(7-11-22)14-23-12-9-20-21-23/h1-5,8-9,12-13,15H,6-7,10-11,14H2. The molecule has 0 bridgehead atoms. The minimum atomic E-state index is 0.160. The van der Waals surface area contributed by atoms with E-state index in [0.29, 0.717) is 5.92 Å². The monoisotopic (exact) mass is 352 g/mol. The summed E-state index contributed by atoms with van der Waals surface area (Å²) in [6.45, 7) is 2.50. The fraction of sp³-hybridized carbons (Fsp3) is 0.316. The van der Waals surface area contributed by atoms with Crippen molar-refractivity contribution in [1.29, 1.82) is 0 Å². The molecule has 0 radical (unpaired) electrons. The molecule has 128 valence electrons. The number of thiophene rings is 1. The molecule has 1 aromatic carbocycles. The summed E-state index contributed by atoms with van der Waals surface area (Å²) >= 11 is 1.54. The smallest absolute Gasteiger partial charge is 0.264 e. The summed E-state index contributed by atoms with van der Waals surface area (Å²) in [7, 11) is 0. The van der Waals surface area contributed by atoms with Gasteiger partial charge < -0.3 is 4.90 Å². The summed E-state index contributed by atoms with van der Waals surface area (Å²) in [6, 6.07) is 12.2. The van der Waals surface area contributed by atoms with Gasteiger partial charge in [-0.2, -0.15) is 0 Å². The van der Waals surface area contributed by atoms with E-state index in [2.05, 4.69) is 22.4 Å². The lowest BCUT2D eigenvalue weighted by atomic mass is 9.96. The second kappa shape index (κ2) is 7.19. The molecule has 2 aromatic heterocycles. The van der Waals surface area contributed by atoms with Gasteiger partial charge in [0, 0.05) is 31.4 Å². The van der Waals surface area contributed by atoms with Crippen molar-refractivity contribution in [2.24, 2.45) is 5.92 Å². The average molecular weight is 352 g/mol. The fourth-order valence-electron chi connectivity index (χ4n) is 3.38. The maximum absolute atomic E-state index is 13.0. The highest BCUT2D eigenvalue weighted by molar-refractivity contribution is 7.12. The van der Waals surface area contributed by atoms with Gasteiger partial charge in [0.15, 0.2) is 0 Å². The van der Waals surface area contributed by atoms with E-state index in [9.17, 15) is 4.79 Å². The summed E-state index contributed by atoms with van der Waals surface area (Å²) in [5, 5.41) is 9.90. The van der Waals surface area contributed by atoms with Crippen LogP contribution in [-0.2, 0) is 6.54 Å². The first-order valence-electron chi connectivity index (χ1n) is 8.57. The molecule has 3 aromatic rings. The van der Waals surface area contributed by atoms with Gasteiger partial charge in [-0.25, -0.2) is 0 Å². The number of aromatic nitrogens is 3. The van der Waals surface area contributed by atoms with E-state index >= 15 is 0 Å². The molecule has 0 unspecified atom stereocenters. The molecule has 5 nitrogen and oxygen atoms in total. The van der Waals surface area contributed by atoms with Crippen LogP contribution in [0.1, 0.15) is 22.5 Å². The van der Waals surface area contributed by atoms with Crippen molar-refractivity contribution >= 4 is 17.2 Å². The van der Waals surface area contributed by atoms with E-state index in [-0.39, 0.29) is 5.91 Å². The first kappa shape index (κ1) is 16.0. The van der Waals surface area contributed by atoms with Gasteiger partial charge in [-0.15, -0.1) is 16.4 Å². The predicted octanol–water partition coefficient (Wildman–Crippen LogP) is 3.56. The lowest BCUT2D eigenvalue weighted by Crippen LogP contribution is -2.39. The van der Waals surface area contributed by atoms with Crippen molar-refractivity contribution in [2.45, 2.75) is 19.4 Å². The molecule has 1 saturated heterocycles. The second-order valence-corrected chi connectivity index (χ2v) is 7.31. The van der Waals surface area contributed by atoms with Crippen LogP contribution in [0, 0.1) is 5.92 Å². The zero-order valence-electron chi connectivity index (χ0n) is 13.9. The van der Waals surface area contributed by atoms with E-state index < -0.39 is 0 Å². The summed E-state index contributed by atoms with van der Waals surface area (Å²) in [4.78, 5) is 15.8. The van der Waals surface area contributed by atoms with Crippen molar-refractivity contribution in [1.82, 2.24) is 19.9 Å². The van der Waals surface area contributed by atoms with Gasteiger partial charge in [-0.1, -0.05) is 35.5 Å². The summed E-state index contributed by atoms with van der Waals surface area (Å²) in [6.07, 6.45) is 5.63. The van der Waals surface area contributed by atoms with E-state index in [1.165, 1.54) is 11.3 Å². The maximum Gasteiger partial charge on any atom is 0.264 e. The Kier molecular flexibility index (Phi) is 4.61. The number of piperidine rings is 1. The quantitative estimate of drug-likeness (QED) is 0.721. The predicted molar refractivity (Wildman–Crippen MR) is 98.4 cm³/mol. The third-order valence-electron chi connectivity index (χ3n) is 4.76. The number of likely N-dealkylation sites (tertiary alicyclic amines) is 1. The number of hydrogen-bond acceptors (Lipinski definition) is 4. The van der Waals surface area contributed by atoms with Gasteiger partial charge in [-0.3, -0.25) is 9.48 Å². The van der Waals surface area contributed by atoms with Crippen LogP contribution in [0.5, 0.6) is 0 Å². The molecule has 0 saturated carbocycles. The molecule has 1 aliphatic rings. The molecule has 3 heterocycles. The molecule has 4 rings (SSSR count). The van der Waals surface area contributed by atoms with Crippen molar-refractivity contribution in [3.05, 3.63) is 59.0 Å². The lowest BCUT2D eigenvalue weighted by Gasteiger charge is -2.31. The molecule has 6 heteroatoms. The van der Waals surface area contributed by atoms with Crippen molar-refractivity contribution in [3.63, 3.8) is 0 Å². The average Bonchev–Trinajstić information content (AvgIpc) is 3.34. The highest BCUT2D eigenvalue weighted by Gasteiger charge is 2.26. The number of carbonyl (C=O) groups excluding carboxylic acids is 1. The van der Waals surface area contributed by atoms with Crippen LogP contribution in [0.25, 0.3) is 11.1 Å². The molecule has 0 spiro atoms. The van der Waals surface area contributed by atoms with Crippen LogP contribution >= 0.6 is 11.3 Å². The van der Waals surface area contributed by atoms with Gasteiger partial charge in [0.2, 0.25) is 0 Å². The highest BCUT2D eigenvalue weighted by Crippen LogP contribution is 2.30. The van der Waals surface area contributed by atoms with E-state index in [1.807, 2.05) is 45.4 Å². The number of hydrogen-bond donors (Lipinski definition) is 0. The number of carbonyl (C=O) groups is 1. The Bertz CT molecular complexity index is 820. The minimum absolute atomic E-state index is 0.160. The first-order chi connectivity index (χ1) is 12.3. The second-order valence-electron chi connectivity index (χ2n) is 6.39. The van der Waals surface area contributed by atoms with Gasteiger partial charge in [-0.05, 0) is 35.8 Å². The van der Waals surface area contributed by atoms with Gasteiger partial charge in [0.1, 0.15) is 0 Å². The lowest BCUT2D eigenvalue weighted by molar-refractivity contribution is 0.0686. The maximum atomic E-state index is 13.0. The molecular weight excluding hydrogens is 332 g/mol. The van der Waals surface area contributed by atoms with E-state index in [1.54, 1.807) is 6.20 Å². The Balaban J connectivity index is 1.42. The SMILES string of the molecule is O=C(c1sccc1-c1ccccc1)N1CCC(Cn2ccnn2)CC1. The van der Waals surface area contributed by atoms with Crippen molar-refractivity contribution in [2.75, 3.05) is 13.1 Å². The normalized spacial score (nSPS) is 15.4. The minimum Gasteiger partial charge on any atom is -0.338 e. The number of amides is 1. The highest BCUT2D eigenvalue weighted by atomic mass is 32.1. The van der Waals surface area contributed by atoms with Gasteiger partial charge in [0.05, 0.1) is 11.1 Å². The first-order valence-corrected chi connectivity index (χ1v) is 9.45. The molecule has 1 fully saturated rings. The third kappa shape index (κ3) is 3.49. The van der Waals surface area contributed by atoms with Gasteiger partial charge in [0.25, 0.3) is 5.91 Å². The Morgan fingerprint density at radius 1 is 1.16 bits per heavy atom. The molecule has 0 aliphatic carbocycles. The summed E-state index contributed by atoms with van der Waals surface area (Å²) in [5.41, 5.74) is 2.15. The fourth-order valence-corrected chi connectivity index (χ4v) is 4.26. The topological polar surface area (TPSA) is 51.0 Å².